The molecule has 2 N–H and O–H groups in total. The molecule has 1 saturated carbocycles. The van der Waals surface area contributed by atoms with Crippen LogP contribution in [0.3, 0.4) is 0 Å². The van der Waals surface area contributed by atoms with E-state index >= 15 is 0 Å². The molecule has 0 atom stereocenters. The molecule has 6 heteroatoms. The van der Waals surface area contributed by atoms with Crippen LogP contribution < -0.4 is 10.6 Å². The van der Waals surface area contributed by atoms with E-state index in [4.69, 9.17) is 23.8 Å². The number of rotatable bonds is 4. The topological polar surface area (TPSA) is 27.3 Å². The number of nitrogens with one attached hydrogen (secondary N) is 2. The molecule has 0 saturated heterocycles. The van der Waals surface area contributed by atoms with Gasteiger partial charge in [-0.05, 0) is 57.4 Å². The smallest absolute Gasteiger partial charge is 0.170 e. The van der Waals surface area contributed by atoms with Gasteiger partial charge in [0.1, 0.15) is 5.82 Å². The van der Waals surface area contributed by atoms with Crippen molar-refractivity contribution in [1.82, 2.24) is 10.2 Å². The van der Waals surface area contributed by atoms with Gasteiger partial charge < -0.3 is 15.5 Å². The lowest BCUT2D eigenvalue weighted by atomic mass is 9.80. The number of anilines is 1. The summed E-state index contributed by atoms with van der Waals surface area (Å²) in [6.45, 7) is 0.806. The highest BCUT2D eigenvalue weighted by Crippen LogP contribution is 2.31. The average molecular weight is 344 g/mol. The van der Waals surface area contributed by atoms with Crippen LogP contribution in [-0.2, 0) is 0 Å². The highest BCUT2D eigenvalue weighted by Gasteiger charge is 2.34. The summed E-state index contributed by atoms with van der Waals surface area (Å²) in [5.74, 6) is -0.431. The Balaban J connectivity index is 1.92. The molecule has 1 aliphatic carbocycles. The first-order valence-electron chi connectivity index (χ1n) is 7.60. The molecule has 2 rings (SSSR count). The van der Waals surface area contributed by atoms with Crippen LogP contribution in [0, 0.1) is 5.82 Å². The Hall–Kier alpha value is -0.910. The second-order valence-corrected chi connectivity index (χ2v) is 6.93. The molecule has 0 radical (unpaired) electrons. The minimum Gasteiger partial charge on any atom is -0.361 e. The highest BCUT2D eigenvalue weighted by atomic mass is 35.5. The van der Waals surface area contributed by atoms with Crippen molar-refractivity contribution in [3.8, 4) is 0 Å². The summed E-state index contributed by atoms with van der Waals surface area (Å²) < 4.78 is 13.2. The standard InChI is InChI=1S/C16H23ClFN3S/c1-21(2)16(8-4-3-5-9-16)11-19-15(22)20-12-6-7-14(18)13(17)10-12/h6-7,10H,3-5,8-9,11H2,1-2H3,(H2,19,20,22). The number of thiocarbonyl (C=S) groups is 1. The number of halogens is 2. The van der Waals surface area contributed by atoms with E-state index in [1.807, 2.05) is 0 Å². The molecule has 0 bridgehead atoms. The molecular formula is C16H23ClFN3S. The van der Waals surface area contributed by atoms with Gasteiger partial charge in [-0.25, -0.2) is 4.39 Å². The summed E-state index contributed by atoms with van der Waals surface area (Å²) in [5.41, 5.74) is 0.844. The van der Waals surface area contributed by atoms with Crippen LogP contribution in [-0.4, -0.2) is 36.2 Å². The van der Waals surface area contributed by atoms with Crippen molar-refractivity contribution in [3.05, 3.63) is 29.0 Å². The Labute approximate surface area is 142 Å². The van der Waals surface area contributed by atoms with E-state index in [9.17, 15) is 4.39 Å². The van der Waals surface area contributed by atoms with Crippen LogP contribution in [0.25, 0.3) is 0 Å². The van der Waals surface area contributed by atoms with Gasteiger partial charge >= 0.3 is 0 Å². The predicted molar refractivity (Wildman–Crippen MR) is 95.1 cm³/mol. The fourth-order valence-corrected chi connectivity index (χ4v) is 3.36. The molecule has 0 amide bonds. The highest BCUT2D eigenvalue weighted by molar-refractivity contribution is 7.80. The zero-order valence-corrected chi connectivity index (χ0v) is 14.7. The van der Waals surface area contributed by atoms with Gasteiger partial charge in [0.2, 0.25) is 0 Å². The fourth-order valence-electron chi connectivity index (χ4n) is 2.99. The normalized spacial score (nSPS) is 17.3. The Morgan fingerprint density at radius 3 is 2.59 bits per heavy atom. The molecule has 1 aliphatic rings. The summed E-state index contributed by atoms with van der Waals surface area (Å²) in [4.78, 5) is 2.30. The molecule has 0 aliphatic heterocycles. The lowest BCUT2D eigenvalue weighted by Crippen LogP contribution is -2.54. The maximum Gasteiger partial charge on any atom is 0.170 e. The van der Waals surface area contributed by atoms with E-state index < -0.39 is 5.82 Å². The van der Waals surface area contributed by atoms with Crippen LogP contribution >= 0.6 is 23.8 Å². The minimum absolute atomic E-state index is 0.0878. The SMILES string of the molecule is CN(C)C1(CNC(=S)Nc2ccc(F)c(Cl)c2)CCCCC1. The van der Waals surface area contributed by atoms with Gasteiger partial charge in [-0.2, -0.15) is 0 Å². The first kappa shape index (κ1) is 17.4. The zero-order chi connectivity index (χ0) is 16.2. The lowest BCUT2D eigenvalue weighted by Gasteiger charge is -2.43. The van der Waals surface area contributed by atoms with Crippen LogP contribution in [0.15, 0.2) is 18.2 Å². The van der Waals surface area contributed by atoms with Crippen molar-refractivity contribution in [2.75, 3.05) is 26.0 Å². The largest absolute Gasteiger partial charge is 0.361 e. The minimum atomic E-state index is -0.431. The zero-order valence-electron chi connectivity index (χ0n) is 13.1. The van der Waals surface area contributed by atoms with Gasteiger partial charge in [0, 0.05) is 17.8 Å². The van der Waals surface area contributed by atoms with Gasteiger partial charge in [0.05, 0.1) is 5.02 Å². The first-order chi connectivity index (χ1) is 10.4. The molecule has 22 heavy (non-hydrogen) atoms. The third-order valence-corrected chi connectivity index (χ3v) is 5.02. The maximum atomic E-state index is 13.2. The van der Waals surface area contributed by atoms with E-state index in [-0.39, 0.29) is 10.6 Å². The Morgan fingerprint density at radius 2 is 2.00 bits per heavy atom. The van der Waals surface area contributed by atoms with Crippen molar-refractivity contribution in [2.45, 2.75) is 37.6 Å². The molecule has 0 heterocycles. The monoisotopic (exact) mass is 343 g/mol. The number of hydrogen-bond donors (Lipinski definition) is 2. The van der Waals surface area contributed by atoms with Gasteiger partial charge in [-0.1, -0.05) is 30.9 Å². The lowest BCUT2D eigenvalue weighted by molar-refractivity contribution is 0.104. The molecule has 0 unspecified atom stereocenters. The maximum absolute atomic E-state index is 13.2. The molecule has 0 aromatic heterocycles. The third kappa shape index (κ3) is 4.31. The van der Waals surface area contributed by atoms with Crippen LogP contribution in [0.5, 0.6) is 0 Å². The summed E-state index contributed by atoms with van der Waals surface area (Å²) in [6.07, 6.45) is 6.18. The third-order valence-electron chi connectivity index (χ3n) is 4.49. The van der Waals surface area contributed by atoms with E-state index in [0.29, 0.717) is 10.8 Å². The quantitative estimate of drug-likeness (QED) is 0.807. The molecule has 122 valence electrons. The molecule has 1 aromatic rings. The van der Waals surface area contributed by atoms with E-state index in [1.54, 1.807) is 6.07 Å². The second kappa shape index (κ2) is 7.57. The van der Waals surface area contributed by atoms with E-state index in [0.717, 1.165) is 6.54 Å². The summed E-state index contributed by atoms with van der Waals surface area (Å²) in [5, 5.41) is 6.98. The molecule has 3 nitrogen and oxygen atoms in total. The van der Waals surface area contributed by atoms with Crippen LogP contribution in [0.2, 0.25) is 5.02 Å². The van der Waals surface area contributed by atoms with E-state index in [2.05, 4.69) is 29.6 Å². The van der Waals surface area contributed by atoms with Gasteiger partial charge in [0.15, 0.2) is 5.11 Å². The summed E-state index contributed by atoms with van der Waals surface area (Å²) in [6, 6.07) is 4.49. The number of likely N-dealkylation sites (N-methyl/N-ethyl adjacent to an activating group) is 1. The van der Waals surface area contributed by atoms with Gasteiger partial charge in [0.25, 0.3) is 0 Å². The Morgan fingerprint density at radius 1 is 1.32 bits per heavy atom. The predicted octanol–water partition coefficient (Wildman–Crippen LogP) is 4.03. The Kier molecular flexibility index (Phi) is 6.01. The van der Waals surface area contributed by atoms with Crippen molar-refractivity contribution in [3.63, 3.8) is 0 Å². The molecule has 1 aromatic carbocycles. The second-order valence-electron chi connectivity index (χ2n) is 6.12. The number of benzene rings is 1. The van der Waals surface area contributed by atoms with Crippen molar-refractivity contribution < 1.29 is 4.39 Å². The number of hydrogen-bond acceptors (Lipinski definition) is 2. The van der Waals surface area contributed by atoms with Crippen LogP contribution in [0.4, 0.5) is 10.1 Å². The van der Waals surface area contributed by atoms with E-state index in [1.165, 1.54) is 44.2 Å². The molecule has 0 spiro atoms. The fraction of sp³-hybridized carbons (Fsp3) is 0.562. The molecular weight excluding hydrogens is 321 g/mol. The average Bonchev–Trinajstić information content (AvgIpc) is 2.50. The van der Waals surface area contributed by atoms with Crippen molar-refractivity contribution >= 4 is 34.6 Å². The number of nitrogens with zero attached hydrogens (tertiary/aromatic N) is 1. The van der Waals surface area contributed by atoms with Gasteiger partial charge in [-0.3, -0.25) is 0 Å². The summed E-state index contributed by atoms with van der Waals surface area (Å²) >= 11 is 11.1. The Bertz CT molecular complexity index is 530. The van der Waals surface area contributed by atoms with Crippen molar-refractivity contribution in [2.24, 2.45) is 0 Å². The summed E-state index contributed by atoms with van der Waals surface area (Å²) in [7, 11) is 4.26. The molecule has 1 fully saturated rings. The van der Waals surface area contributed by atoms with Gasteiger partial charge in [-0.15, -0.1) is 0 Å². The first-order valence-corrected chi connectivity index (χ1v) is 8.39. The van der Waals surface area contributed by atoms with Crippen LogP contribution in [0.1, 0.15) is 32.1 Å². The van der Waals surface area contributed by atoms with Crippen molar-refractivity contribution in [1.29, 1.82) is 0 Å².